The number of aryl methyl sites for hydroxylation is 1. The number of carbonyl (C=O) groups excluding carboxylic acids is 2. The van der Waals surface area contributed by atoms with Crippen molar-refractivity contribution in [3.63, 3.8) is 0 Å². The van der Waals surface area contributed by atoms with Gasteiger partial charge in [-0.25, -0.2) is 14.6 Å². The molecule has 2 aromatic rings. The van der Waals surface area contributed by atoms with E-state index in [9.17, 15) is 9.59 Å². The minimum atomic E-state index is -0.446. The molecule has 2 rings (SSSR count). The number of amides is 2. The molecule has 2 aromatic heterocycles. The van der Waals surface area contributed by atoms with Crippen molar-refractivity contribution >= 4 is 23.6 Å². The molecule has 7 heteroatoms. The van der Waals surface area contributed by atoms with E-state index in [4.69, 9.17) is 4.74 Å². The second kappa shape index (κ2) is 6.75. The van der Waals surface area contributed by atoms with Gasteiger partial charge in [0.15, 0.2) is 0 Å². The highest BCUT2D eigenvalue weighted by Gasteiger charge is 2.20. The maximum atomic E-state index is 12.0. The molecule has 3 N–H and O–H groups in total. The molecular weight excluding hydrogens is 284 g/mol. The standard InChI is InChI=1S/C15H18N4O3/c1-4-22-14(20)12-9(2)13(17-10(12)3)19-15(21)18-11-7-5-6-8-16-11/h5-8,17H,4H2,1-3H3,(H2,16,18,19,21). The van der Waals surface area contributed by atoms with Crippen molar-refractivity contribution in [3.8, 4) is 0 Å². The first-order valence-electron chi connectivity index (χ1n) is 6.88. The Morgan fingerprint density at radius 2 is 2.05 bits per heavy atom. The number of hydrogen-bond acceptors (Lipinski definition) is 4. The summed E-state index contributed by atoms with van der Waals surface area (Å²) >= 11 is 0. The average molecular weight is 302 g/mol. The van der Waals surface area contributed by atoms with Crippen LogP contribution < -0.4 is 10.6 Å². The molecule has 0 saturated carbocycles. The number of H-pyrrole nitrogens is 1. The fraction of sp³-hybridized carbons (Fsp3) is 0.267. The zero-order chi connectivity index (χ0) is 16.1. The normalized spacial score (nSPS) is 10.1. The summed E-state index contributed by atoms with van der Waals surface area (Å²) in [7, 11) is 0. The molecule has 0 fully saturated rings. The smallest absolute Gasteiger partial charge is 0.340 e. The Hall–Kier alpha value is -2.83. The Labute approximate surface area is 128 Å². The Bertz CT molecular complexity index is 680. The van der Waals surface area contributed by atoms with E-state index in [0.717, 1.165) is 0 Å². The third kappa shape index (κ3) is 3.43. The van der Waals surface area contributed by atoms with Crippen molar-refractivity contribution in [3.05, 3.63) is 41.2 Å². The summed E-state index contributed by atoms with van der Waals surface area (Å²) in [6.07, 6.45) is 1.58. The number of nitrogens with zero attached hydrogens (tertiary/aromatic N) is 1. The highest BCUT2D eigenvalue weighted by Crippen LogP contribution is 2.23. The molecule has 0 spiro atoms. The lowest BCUT2D eigenvalue weighted by atomic mass is 10.1. The van der Waals surface area contributed by atoms with E-state index in [1.54, 1.807) is 45.2 Å². The molecule has 0 unspecified atom stereocenters. The first kappa shape index (κ1) is 15.6. The summed E-state index contributed by atoms with van der Waals surface area (Å²) < 4.78 is 5.01. The number of rotatable bonds is 4. The van der Waals surface area contributed by atoms with Crippen LogP contribution in [0, 0.1) is 13.8 Å². The molecule has 22 heavy (non-hydrogen) atoms. The van der Waals surface area contributed by atoms with Gasteiger partial charge < -0.3 is 9.72 Å². The van der Waals surface area contributed by atoms with Crippen molar-refractivity contribution in [2.45, 2.75) is 20.8 Å². The molecule has 0 radical (unpaired) electrons. The van der Waals surface area contributed by atoms with Crippen LogP contribution in [-0.2, 0) is 4.74 Å². The predicted molar refractivity (Wildman–Crippen MR) is 83.1 cm³/mol. The van der Waals surface area contributed by atoms with Crippen LogP contribution in [0.1, 0.15) is 28.5 Å². The van der Waals surface area contributed by atoms with Crippen LogP contribution >= 0.6 is 0 Å². The lowest BCUT2D eigenvalue weighted by Gasteiger charge is -2.06. The maximum Gasteiger partial charge on any atom is 0.340 e. The van der Waals surface area contributed by atoms with E-state index in [1.165, 1.54) is 0 Å². The molecule has 0 aromatic carbocycles. The number of aromatic nitrogens is 2. The van der Waals surface area contributed by atoms with Gasteiger partial charge in [-0.05, 0) is 32.9 Å². The lowest BCUT2D eigenvalue weighted by Crippen LogP contribution is -2.20. The van der Waals surface area contributed by atoms with Gasteiger partial charge in [0.1, 0.15) is 11.6 Å². The Balaban J connectivity index is 2.12. The van der Waals surface area contributed by atoms with E-state index in [-0.39, 0.29) is 0 Å². The van der Waals surface area contributed by atoms with Crippen LogP contribution in [-0.4, -0.2) is 28.6 Å². The van der Waals surface area contributed by atoms with E-state index in [0.29, 0.717) is 35.1 Å². The number of hydrogen-bond donors (Lipinski definition) is 3. The SMILES string of the molecule is CCOC(=O)c1c(C)[nH]c(NC(=O)Nc2ccccn2)c1C. The molecule has 7 nitrogen and oxygen atoms in total. The number of carbonyl (C=O) groups is 2. The van der Waals surface area contributed by atoms with Gasteiger partial charge in [0.25, 0.3) is 0 Å². The third-order valence-electron chi connectivity index (χ3n) is 3.06. The molecule has 2 amide bonds. The van der Waals surface area contributed by atoms with Gasteiger partial charge in [-0.2, -0.15) is 0 Å². The van der Waals surface area contributed by atoms with E-state index in [2.05, 4.69) is 20.6 Å². The van der Waals surface area contributed by atoms with Crippen molar-refractivity contribution in [1.29, 1.82) is 0 Å². The van der Waals surface area contributed by atoms with Gasteiger partial charge in [-0.15, -0.1) is 0 Å². The molecule has 0 saturated heterocycles. The van der Waals surface area contributed by atoms with Gasteiger partial charge in [0, 0.05) is 17.5 Å². The predicted octanol–water partition coefficient (Wildman–Crippen LogP) is 2.85. The summed E-state index contributed by atoms with van der Waals surface area (Å²) in [5.41, 5.74) is 1.71. The number of nitrogens with one attached hydrogen (secondary N) is 3. The number of aromatic amines is 1. The van der Waals surface area contributed by atoms with Gasteiger partial charge in [-0.3, -0.25) is 10.6 Å². The molecule has 0 aliphatic rings. The molecule has 0 atom stereocenters. The average Bonchev–Trinajstić information content (AvgIpc) is 2.74. The van der Waals surface area contributed by atoms with Crippen LogP contribution in [0.4, 0.5) is 16.4 Å². The molecule has 116 valence electrons. The maximum absolute atomic E-state index is 12.0. The van der Waals surface area contributed by atoms with Gasteiger partial charge in [0.05, 0.1) is 12.2 Å². The van der Waals surface area contributed by atoms with E-state index in [1.807, 2.05) is 0 Å². The van der Waals surface area contributed by atoms with Crippen molar-refractivity contribution in [2.75, 3.05) is 17.2 Å². The zero-order valence-electron chi connectivity index (χ0n) is 12.7. The largest absolute Gasteiger partial charge is 0.462 e. The van der Waals surface area contributed by atoms with Crippen LogP contribution in [0.2, 0.25) is 0 Å². The highest BCUT2D eigenvalue weighted by molar-refractivity contribution is 6.01. The van der Waals surface area contributed by atoms with Gasteiger partial charge >= 0.3 is 12.0 Å². The minimum Gasteiger partial charge on any atom is -0.462 e. The highest BCUT2D eigenvalue weighted by atomic mass is 16.5. The summed E-state index contributed by atoms with van der Waals surface area (Å²) in [5.74, 6) is 0.479. The Kier molecular flexibility index (Phi) is 4.77. The van der Waals surface area contributed by atoms with Crippen molar-refractivity contribution < 1.29 is 14.3 Å². The molecule has 2 heterocycles. The third-order valence-corrected chi connectivity index (χ3v) is 3.06. The van der Waals surface area contributed by atoms with E-state index < -0.39 is 12.0 Å². The van der Waals surface area contributed by atoms with Crippen LogP contribution in [0.15, 0.2) is 24.4 Å². The summed E-state index contributed by atoms with van der Waals surface area (Å²) in [5, 5.41) is 5.27. The lowest BCUT2D eigenvalue weighted by molar-refractivity contribution is 0.0525. The molecular formula is C15H18N4O3. The fourth-order valence-corrected chi connectivity index (χ4v) is 2.08. The number of anilines is 2. The van der Waals surface area contributed by atoms with Crippen molar-refractivity contribution in [1.82, 2.24) is 9.97 Å². The number of urea groups is 1. The van der Waals surface area contributed by atoms with Gasteiger partial charge in [0.2, 0.25) is 0 Å². The van der Waals surface area contributed by atoms with E-state index >= 15 is 0 Å². The van der Waals surface area contributed by atoms with Gasteiger partial charge in [-0.1, -0.05) is 6.07 Å². The zero-order valence-corrected chi connectivity index (χ0v) is 12.7. The number of pyridine rings is 1. The summed E-state index contributed by atoms with van der Waals surface area (Å²) in [4.78, 5) is 30.8. The first-order valence-corrected chi connectivity index (χ1v) is 6.88. The van der Waals surface area contributed by atoms with Crippen LogP contribution in [0.5, 0.6) is 0 Å². The second-order valence-electron chi connectivity index (χ2n) is 4.64. The summed E-state index contributed by atoms with van der Waals surface area (Å²) in [6, 6.07) is 4.76. The molecule has 0 aliphatic heterocycles. The molecule has 0 bridgehead atoms. The van der Waals surface area contributed by atoms with Crippen molar-refractivity contribution in [2.24, 2.45) is 0 Å². The Morgan fingerprint density at radius 1 is 1.27 bits per heavy atom. The molecule has 0 aliphatic carbocycles. The Morgan fingerprint density at radius 3 is 2.68 bits per heavy atom. The second-order valence-corrected chi connectivity index (χ2v) is 4.64. The first-order chi connectivity index (χ1) is 10.5. The minimum absolute atomic E-state index is 0.297. The van der Waals surface area contributed by atoms with Crippen LogP contribution in [0.25, 0.3) is 0 Å². The summed E-state index contributed by atoms with van der Waals surface area (Å²) in [6.45, 7) is 5.54. The topological polar surface area (TPSA) is 96.1 Å². The number of esters is 1. The van der Waals surface area contributed by atoms with Crippen LogP contribution in [0.3, 0.4) is 0 Å². The number of ether oxygens (including phenoxy) is 1. The monoisotopic (exact) mass is 302 g/mol. The fourth-order valence-electron chi connectivity index (χ4n) is 2.08. The quantitative estimate of drug-likeness (QED) is 0.757.